The molecule has 29 heavy (non-hydrogen) atoms. The van der Waals surface area contributed by atoms with Crippen LogP contribution in [0.2, 0.25) is 5.02 Å². The van der Waals surface area contributed by atoms with Crippen molar-refractivity contribution in [2.75, 3.05) is 29.2 Å². The van der Waals surface area contributed by atoms with Gasteiger partial charge in [-0.25, -0.2) is 8.42 Å². The van der Waals surface area contributed by atoms with Crippen molar-refractivity contribution < 1.29 is 22.7 Å². The monoisotopic (exact) mass is 438 g/mol. The summed E-state index contributed by atoms with van der Waals surface area (Å²) in [7, 11) is -2.56. The molecular weight excluding hydrogens is 416 g/mol. The zero-order chi connectivity index (χ0) is 21.8. The number of aryl methyl sites for hydroxylation is 3. The normalized spacial score (nSPS) is 11.1. The minimum atomic E-state index is -3.97. The van der Waals surface area contributed by atoms with Crippen LogP contribution in [0.1, 0.15) is 16.7 Å². The Bertz CT molecular complexity index is 1050. The molecule has 0 fully saturated rings. The van der Waals surface area contributed by atoms with E-state index in [2.05, 4.69) is 10.6 Å². The minimum Gasteiger partial charge on any atom is -0.495 e. The third-order valence-corrected chi connectivity index (χ3v) is 6.06. The molecule has 0 unspecified atom stereocenters. The first-order valence-electron chi connectivity index (χ1n) is 8.72. The van der Waals surface area contributed by atoms with Crippen molar-refractivity contribution in [3.8, 4) is 5.75 Å². The van der Waals surface area contributed by atoms with Gasteiger partial charge in [0.1, 0.15) is 17.3 Å². The van der Waals surface area contributed by atoms with E-state index in [9.17, 15) is 18.0 Å². The van der Waals surface area contributed by atoms with Crippen molar-refractivity contribution in [1.82, 2.24) is 0 Å². The van der Waals surface area contributed by atoms with E-state index in [1.165, 1.54) is 13.2 Å². The van der Waals surface area contributed by atoms with E-state index < -0.39 is 33.2 Å². The molecule has 156 valence electrons. The van der Waals surface area contributed by atoms with Crippen LogP contribution in [-0.4, -0.2) is 38.8 Å². The van der Waals surface area contributed by atoms with Crippen molar-refractivity contribution in [3.05, 3.63) is 52.0 Å². The molecule has 0 aliphatic rings. The predicted octanol–water partition coefficient (Wildman–Crippen LogP) is 3.27. The average molecular weight is 439 g/mol. The van der Waals surface area contributed by atoms with E-state index in [0.29, 0.717) is 27.7 Å². The third-order valence-electron chi connectivity index (χ3n) is 4.25. The van der Waals surface area contributed by atoms with E-state index in [-0.39, 0.29) is 0 Å². The molecule has 9 heteroatoms. The van der Waals surface area contributed by atoms with Gasteiger partial charge < -0.3 is 15.4 Å². The summed E-state index contributed by atoms with van der Waals surface area (Å²) in [4.78, 5) is 24.3. The Morgan fingerprint density at radius 3 is 2.14 bits per heavy atom. The van der Waals surface area contributed by atoms with Gasteiger partial charge in [-0.3, -0.25) is 9.59 Å². The fourth-order valence-corrected chi connectivity index (χ4v) is 3.78. The maximum absolute atomic E-state index is 12.3. The lowest BCUT2D eigenvalue weighted by atomic mass is 10.1. The number of anilines is 2. The zero-order valence-corrected chi connectivity index (χ0v) is 18.2. The van der Waals surface area contributed by atoms with Crippen LogP contribution in [0.5, 0.6) is 5.75 Å². The van der Waals surface area contributed by atoms with Crippen molar-refractivity contribution in [3.63, 3.8) is 0 Å². The Morgan fingerprint density at radius 1 is 0.931 bits per heavy atom. The Labute approximate surface area is 175 Å². The number of methoxy groups -OCH3 is 1. The SMILES string of the molecule is COc1cc(Cl)c(C)cc1NC(=O)CS(=O)(=O)CC(=O)Nc1ccc(C)c(C)c1. The molecule has 0 aliphatic carbocycles. The number of carbonyl (C=O) groups excluding carboxylic acids is 2. The predicted molar refractivity (Wildman–Crippen MR) is 115 cm³/mol. The van der Waals surface area contributed by atoms with E-state index in [1.54, 1.807) is 25.1 Å². The molecule has 0 heterocycles. The van der Waals surface area contributed by atoms with Gasteiger partial charge in [-0.05, 0) is 55.7 Å². The molecule has 2 aromatic carbocycles. The van der Waals surface area contributed by atoms with Crippen LogP contribution in [-0.2, 0) is 19.4 Å². The zero-order valence-electron chi connectivity index (χ0n) is 16.6. The first-order chi connectivity index (χ1) is 13.5. The summed E-state index contributed by atoms with van der Waals surface area (Å²) in [5.74, 6) is -2.81. The number of sulfone groups is 1. The minimum absolute atomic E-state index is 0.300. The maximum atomic E-state index is 12.3. The summed E-state index contributed by atoms with van der Waals surface area (Å²) in [6, 6.07) is 8.38. The van der Waals surface area contributed by atoms with Crippen LogP contribution < -0.4 is 15.4 Å². The standard InChI is InChI=1S/C20H23ClN2O5S/c1-12-5-6-15(7-13(12)2)22-19(24)10-29(26,27)11-20(25)23-17-8-14(3)16(21)9-18(17)28-4/h5-9H,10-11H2,1-4H3,(H,22,24)(H,23,25). The molecule has 2 amide bonds. The van der Waals surface area contributed by atoms with Gasteiger partial charge in [0.05, 0.1) is 12.8 Å². The summed E-state index contributed by atoms with van der Waals surface area (Å²) >= 11 is 6.02. The van der Waals surface area contributed by atoms with E-state index >= 15 is 0 Å². The topological polar surface area (TPSA) is 102 Å². The van der Waals surface area contributed by atoms with Crippen molar-refractivity contribution in [2.24, 2.45) is 0 Å². The average Bonchev–Trinajstić information content (AvgIpc) is 2.59. The third kappa shape index (κ3) is 6.47. The lowest BCUT2D eigenvalue weighted by molar-refractivity contribution is -0.114. The second-order valence-electron chi connectivity index (χ2n) is 6.73. The summed E-state index contributed by atoms with van der Waals surface area (Å²) in [5, 5.41) is 5.48. The molecule has 0 saturated carbocycles. The highest BCUT2D eigenvalue weighted by Gasteiger charge is 2.22. The van der Waals surface area contributed by atoms with Crippen LogP contribution in [0, 0.1) is 20.8 Å². The van der Waals surface area contributed by atoms with Gasteiger partial charge in [0.25, 0.3) is 0 Å². The number of carbonyl (C=O) groups is 2. The fourth-order valence-electron chi connectivity index (χ4n) is 2.58. The number of ether oxygens (including phenoxy) is 1. The first kappa shape index (κ1) is 22.7. The number of rotatable bonds is 7. The molecule has 0 aromatic heterocycles. The molecule has 0 saturated heterocycles. The Balaban J connectivity index is 2.01. The number of nitrogens with one attached hydrogen (secondary N) is 2. The molecule has 0 aliphatic heterocycles. The Kier molecular flexibility index (Phi) is 7.26. The van der Waals surface area contributed by atoms with Crippen LogP contribution in [0.4, 0.5) is 11.4 Å². The Hall–Kier alpha value is -2.58. The highest BCUT2D eigenvalue weighted by Crippen LogP contribution is 2.30. The number of amides is 2. The van der Waals surface area contributed by atoms with Gasteiger partial charge in [0.2, 0.25) is 11.8 Å². The molecule has 0 radical (unpaired) electrons. The van der Waals surface area contributed by atoms with E-state index in [1.807, 2.05) is 19.9 Å². The molecule has 2 rings (SSSR count). The van der Waals surface area contributed by atoms with Crippen LogP contribution >= 0.6 is 11.6 Å². The highest BCUT2D eigenvalue weighted by molar-refractivity contribution is 7.92. The van der Waals surface area contributed by atoms with E-state index in [0.717, 1.165) is 11.1 Å². The number of benzene rings is 2. The van der Waals surface area contributed by atoms with Crippen molar-refractivity contribution in [1.29, 1.82) is 0 Å². The smallest absolute Gasteiger partial charge is 0.239 e. The van der Waals surface area contributed by atoms with Gasteiger partial charge in [0.15, 0.2) is 9.84 Å². The summed E-state index contributed by atoms with van der Waals surface area (Å²) in [6.45, 7) is 5.56. The van der Waals surface area contributed by atoms with Crippen molar-refractivity contribution >= 4 is 44.6 Å². The molecule has 7 nitrogen and oxygen atoms in total. The summed E-state index contributed by atoms with van der Waals surface area (Å²) in [5.41, 5.74) is 3.52. The summed E-state index contributed by atoms with van der Waals surface area (Å²) < 4.78 is 29.7. The van der Waals surface area contributed by atoms with Gasteiger partial charge in [-0.2, -0.15) is 0 Å². The first-order valence-corrected chi connectivity index (χ1v) is 10.9. The molecule has 2 N–H and O–H groups in total. The number of hydrogen-bond acceptors (Lipinski definition) is 5. The molecule has 0 spiro atoms. The molecule has 0 atom stereocenters. The van der Waals surface area contributed by atoms with Gasteiger partial charge in [-0.1, -0.05) is 17.7 Å². The maximum Gasteiger partial charge on any atom is 0.239 e. The lowest BCUT2D eigenvalue weighted by Gasteiger charge is -2.12. The highest BCUT2D eigenvalue weighted by atomic mass is 35.5. The van der Waals surface area contributed by atoms with Crippen LogP contribution in [0.25, 0.3) is 0 Å². The molecule has 2 aromatic rings. The second-order valence-corrected chi connectivity index (χ2v) is 9.20. The number of halogens is 1. The van der Waals surface area contributed by atoms with Crippen molar-refractivity contribution in [2.45, 2.75) is 20.8 Å². The van der Waals surface area contributed by atoms with Gasteiger partial charge >= 0.3 is 0 Å². The molecular formula is C20H23ClN2O5S. The van der Waals surface area contributed by atoms with Crippen LogP contribution in [0.3, 0.4) is 0 Å². The van der Waals surface area contributed by atoms with Gasteiger partial charge in [0, 0.05) is 16.8 Å². The number of hydrogen-bond donors (Lipinski definition) is 2. The van der Waals surface area contributed by atoms with Gasteiger partial charge in [-0.15, -0.1) is 0 Å². The van der Waals surface area contributed by atoms with Crippen LogP contribution in [0.15, 0.2) is 30.3 Å². The Morgan fingerprint density at radius 2 is 1.55 bits per heavy atom. The molecule has 0 bridgehead atoms. The summed E-state index contributed by atoms with van der Waals surface area (Å²) in [6.07, 6.45) is 0. The second kappa shape index (κ2) is 9.28. The largest absolute Gasteiger partial charge is 0.495 e. The quantitative estimate of drug-likeness (QED) is 0.690. The van der Waals surface area contributed by atoms with E-state index in [4.69, 9.17) is 16.3 Å². The lowest BCUT2D eigenvalue weighted by Crippen LogP contribution is -2.30. The fraction of sp³-hybridized carbons (Fsp3) is 0.300.